The van der Waals surface area contributed by atoms with E-state index in [1.54, 1.807) is 36.4 Å². The van der Waals surface area contributed by atoms with Crippen molar-refractivity contribution in [1.82, 2.24) is 0 Å². The Morgan fingerprint density at radius 1 is 0.560 bits per heavy atom. The number of benzene rings is 4. The zero-order valence-electron chi connectivity index (χ0n) is 25.9. The number of carbonyl (C=O) groups is 2. The summed E-state index contributed by atoms with van der Waals surface area (Å²) in [6.07, 6.45) is 2.20. The van der Waals surface area contributed by atoms with E-state index < -0.39 is 53.0 Å². The first-order valence-electron chi connectivity index (χ1n) is 14.1. The number of ketones is 2. The van der Waals surface area contributed by atoms with Gasteiger partial charge in [0.15, 0.2) is 11.4 Å². The number of anilines is 6. The van der Waals surface area contributed by atoms with Crippen molar-refractivity contribution in [3.05, 3.63) is 117 Å². The minimum atomic E-state index is -4.90. The van der Waals surface area contributed by atoms with Gasteiger partial charge in [-0.15, -0.1) is 0 Å². The number of Topliss-reactive ketones (excluding diaryl/α,β-unsaturated/α-hetero) is 2. The second-order valence-corrected chi connectivity index (χ2v) is 13.5. The van der Waals surface area contributed by atoms with Crippen LogP contribution in [0, 0.1) is 0 Å². The predicted molar refractivity (Wildman–Crippen MR) is 188 cm³/mol. The molecule has 0 aromatic heterocycles. The van der Waals surface area contributed by atoms with Gasteiger partial charge in [-0.3, -0.25) is 29.5 Å². The van der Waals surface area contributed by atoms with Crippen LogP contribution in [0.15, 0.2) is 105 Å². The van der Waals surface area contributed by atoms with Crippen molar-refractivity contribution in [3.63, 3.8) is 0 Å². The molecule has 4 aromatic carbocycles. The molecule has 0 fully saturated rings. The second kappa shape index (κ2) is 14.0. The number of carbonyl (C=O) groups excluding carboxylic acids is 2. The van der Waals surface area contributed by atoms with Crippen LogP contribution in [0.1, 0.15) is 31.8 Å². The summed E-state index contributed by atoms with van der Waals surface area (Å²) in [7, 11) is -9.80. The third-order valence-corrected chi connectivity index (χ3v) is 9.01. The Labute approximate surface area is 307 Å². The van der Waals surface area contributed by atoms with Gasteiger partial charge in [-0.1, -0.05) is 12.1 Å². The quantitative estimate of drug-likeness (QED) is 0.0588. The van der Waals surface area contributed by atoms with Crippen LogP contribution in [0.2, 0.25) is 0 Å². The van der Waals surface area contributed by atoms with Crippen LogP contribution in [0.4, 0.5) is 34.1 Å². The number of hydrogen-bond donors (Lipinski definition) is 7. The smallest absolute Gasteiger partial charge is 0.399 e. The van der Waals surface area contributed by atoms with E-state index in [9.17, 15) is 35.5 Å². The van der Waals surface area contributed by atoms with Crippen molar-refractivity contribution in [2.75, 3.05) is 27.6 Å². The van der Waals surface area contributed by atoms with Crippen LogP contribution in [0.3, 0.4) is 0 Å². The maximum absolute atomic E-state index is 13.3. The monoisotopic (exact) mass is 722 g/mol. The average molecular weight is 723 g/mol. The fourth-order valence-corrected chi connectivity index (χ4v) is 6.38. The number of fused-ring (bicyclic) bond motifs is 2. The van der Waals surface area contributed by atoms with Gasteiger partial charge in [0.05, 0.1) is 11.4 Å². The Hall–Kier alpha value is -5.14. The predicted octanol–water partition coefficient (Wildman–Crippen LogP) is 1.38. The molecule has 0 aliphatic heterocycles. The molecule has 0 atom stereocenters. The topological polar surface area (TPSA) is 256 Å². The number of nitrogens with one attached hydrogen (secondary N) is 3. The maximum Gasteiger partial charge on any atom is 1.00 e. The van der Waals surface area contributed by atoms with Gasteiger partial charge in [0.25, 0.3) is 20.2 Å². The van der Waals surface area contributed by atoms with Gasteiger partial charge in [0.2, 0.25) is 11.6 Å². The normalized spacial score (nSPS) is 15.7. The standard InChI is InChI=1S/C32H25N7O8S2.Na/c33-19-3-1-5-23(15-19)36-38-29-27(48(42,43)44)13-17-11-21(7-9-25(17)31(29)40)35-22-8-10-26-18(12-22)14-28(49(45,46)47)30(32(26)41)39-37-24-6-2-4-20(34)16-24;/h1-16,35-37H,33-34H2,(H,42,43,44)(H,45,46,47);/q;+1/b38-29-,39-30+;. The van der Waals surface area contributed by atoms with Gasteiger partial charge >= 0.3 is 29.6 Å². The van der Waals surface area contributed by atoms with E-state index in [1.807, 2.05) is 0 Å². The second-order valence-electron chi connectivity index (χ2n) is 10.7. The number of hydrazone groups is 2. The summed E-state index contributed by atoms with van der Waals surface area (Å²) in [4.78, 5) is 25.2. The number of nitrogens with two attached hydrogens (primary N) is 2. The Morgan fingerprint density at radius 3 is 1.32 bits per heavy atom. The number of allylic oxidation sites excluding steroid dienone is 2. The first kappa shape index (κ1) is 36.1. The summed E-state index contributed by atoms with van der Waals surface area (Å²) < 4.78 is 69.0. The van der Waals surface area contributed by atoms with Gasteiger partial charge < -0.3 is 16.8 Å². The van der Waals surface area contributed by atoms with Crippen molar-refractivity contribution >= 4 is 89.5 Å². The Morgan fingerprint density at radius 2 is 0.960 bits per heavy atom. The Balaban J connectivity index is 0.00000486. The van der Waals surface area contributed by atoms with E-state index in [4.69, 9.17) is 11.5 Å². The number of rotatable bonds is 8. The van der Waals surface area contributed by atoms with E-state index in [-0.39, 0.29) is 51.8 Å². The van der Waals surface area contributed by atoms with E-state index in [1.165, 1.54) is 48.5 Å². The molecule has 2 aliphatic rings. The largest absolute Gasteiger partial charge is 1.00 e. The third kappa shape index (κ3) is 7.68. The first-order valence-corrected chi connectivity index (χ1v) is 17.0. The van der Waals surface area contributed by atoms with Crippen LogP contribution >= 0.6 is 0 Å². The van der Waals surface area contributed by atoms with Crippen LogP contribution in [0.5, 0.6) is 0 Å². The van der Waals surface area contributed by atoms with Crippen molar-refractivity contribution in [1.29, 1.82) is 0 Å². The van der Waals surface area contributed by atoms with Gasteiger partial charge in [-0.25, -0.2) is 0 Å². The van der Waals surface area contributed by atoms with Crippen molar-refractivity contribution in [3.8, 4) is 0 Å². The number of nitrogens with zero attached hydrogens (tertiary/aromatic N) is 2. The fraction of sp³-hybridized carbons (Fsp3) is 0. The van der Waals surface area contributed by atoms with E-state index in [0.29, 0.717) is 34.1 Å². The summed E-state index contributed by atoms with van der Waals surface area (Å²) >= 11 is 0. The van der Waals surface area contributed by atoms with E-state index >= 15 is 0 Å². The average Bonchev–Trinajstić information content (AvgIpc) is 3.03. The molecule has 0 unspecified atom stereocenters. The number of nitrogen functional groups attached to an aromatic ring is 2. The summed E-state index contributed by atoms with van der Waals surface area (Å²) in [6, 6.07) is 21.6. The van der Waals surface area contributed by atoms with Crippen LogP contribution < -0.4 is 57.2 Å². The van der Waals surface area contributed by atoms with Crippen LogP contribution in [0.25, 0.3) is 12.2 Å². The molecule has 9 N–H and O–H groups in total. The molecule has 248 valence electrons. The summed E-state index contributed by atoms with van der Waals surface area (Å²) in [6.45, 7) is 0. The van der Waals surface area contributed by atoms with Gasteiger partial charge in [-0.05, 0) is 96.1 Å². The molecule has 0 saturated carbocycles. The molecule has 50 heavy (non-hydrogen) atoms. The van der Waals surface area contributed by atoms with Crippen molar-refractivity contribution in [2.24, 2.45) is 10.2 Å². The first-order chi connectivity index (χ1) is 23.2. The summed E-state index contributed by atoms with van der Waals surface area (Å²) in [5.74, 6) is -1.54. The summed E-state index contributed by atoms with van der Waals surface area (Å²) in [5, 5.41) is 10.9. The fourth-order valence-electron chi connectivity index (χ4n) is 5.06. The van der Waals surface area contributed by atoms with Crippen LogP contribution in [-0.4, -0.2) is 48.9 Å². The van der Waals surface area contributed by atoms with Crippen molar-refractivity contribution < 1.29 is 65.1 Å². The van der Waals surface area contributed by atoms with Gasteiger partial charge in [0.1, 0.15) is 9.81 Å². The van der Waals surface area contributed by atoms with E-state index in [0.717, 1.165) is 12.2 Å². The zero-order valence-corrected chi connectivity index (χ0v) is 29.6. The maximum atomic E-state index is 13.3. The summed E-state index contributed by atoms with van der Waals surface area (Å²) in [5.41, 5.74) is 18.4. The Kier molecular flexibility index (Phi) is 10.1. The molecular weight excluding hydrogens is 698 g/mol. The van der Waals surface area contributed by atoms with Gasteiger partial charge in [0, 0.05) is 33.9 Å². The minimum absolute atomic E-state index is 0. The van der Waals surface area contributed by atoms with Crippen molar-refractivity contribution in [2.45, 2.75) is 0 Å². The molecular formula is C32H25N7NaO8S2+. The molecule has 0 saturated heterocycles. The molecule has 6 rings (SSSR count). The van der Waals surface area contributed by atoms with Crippen LogP contribution in [-0.2, 0) is 20.2 Å². The molecule has 0 radical (unpaired) electrons. The molecule has 0 spiro atoms. The molecule has 2 aliphatic carbocycles. The molecule has 0 heterocycles. The van der Waals surface area contributed by atoms with Gasteiger partial charge in [-0.2, -0.15) is 27.0 Å². The minimum Gasteiger partial charge on any atom is -0.399 e. The third-order valence-electron chi connectivity index (χ3n) is 7.27. The molecule has 18 heteroatoms. The zero-order chi connectivity index (χ0) is 35.1. The van der Waals surface area contributed by atoms with E-state index in [2.05, 4.69) is 26.4 Å². The molecule has 0 bridgehead atoms. The number of hydrogen-bond acceptors (Lipinski definition) is 13. The Bertz CT molecular complexity index is 2270. The molecule has 4 aromatic rings. The molecule has 0 amide bonds. The molecule has 15 nitrogen and oxygen atoms in total. The SMILES string of the molecule is Nc1cccc(N/N=C2/C(=O)c3ccc(Nc4ccc5c(c4)C=C(S(=O)(=O)O)/C(=N/Nc4cccc(N)c4)C5=O)cc3C=C2S(=O)(=O)O)c1.[Na+].